The molecule has 1 aliphatic heterocycles. The Kier molecular flexibility index (Phi) is 5.53. The van der Waals surface area contributed by atoms with E-state index in [1.165, 1.54) is 12.1 Å². The van der Waals surface area contributed by atoms with Gasteiger partial charge in [-0.25, -0.2) is 4.39 Å². The van der Waals surface area contributed by atoms with Crippen molar-refractivity contribution in [3.8, 4) is 0 Å². The lowest BCUT2D eigenvalue weighted by Crippen LogP contribution is -2.32. The van der Waals surface area contributed by atoms with Crippen LogP contribution in [-0.2, 0) is 11.2 Å². The largest absolute Gasteiger partial charge is 0.343 e. The maximum atomic E-state index is 12.8. The maximum Gasteiger partial charge on any atom is 0.222 e. The minimum Gasteiger partial charge on any atom is -0.343 e. The molecular weight excluding hydrogens is 255 g/mol. The number of carbonyl (C=O) groups excluding carboxylic acids is 1. The van der Waals surface area contributed by atoms with Gasteiger partial charge in [0.1, 0.15) is 5.82 Å². The van der Waals surface area contributed by atoms with Crippen molar-refractivity contribution in [2.45, 2.75) is 38.6 Å². The summed E-state index contributed by atoms with van der Waals surface area (Å²) >= 11 is 0. The first kappa shape index (κ1) is 15.0. The van der Waals surface area contributed by atoms with E-state index in [4.69, 9.17) is 0 Å². The summed E-state index contributed by atoms with van der Waals surface area (Å²) in [7, 11) is 0. The number of rotatable bonds is 7. The molecule has 1 aromatic rings. The van der Waals surface area contributed by atoms with Gasteiger partial charge in [-0.2, -0.15) is 0 Å². The molecule has 1 atom stereocenters. The predicted molar refractivity (Wildman–Crippen MR) is 78.0 cm³/mol. The van der Waals surface area contributed by atoms with Gasteiger partial charge in [-0.3, -0.25) is 4.79 Å². The second-order valence-electron chi connectivity index (χ2n) is 5.52. The van der Waals surface area contributed by atoms with Crippen molar-refractivity contribution in [3.05, 3.63) is 35.6 Å². The molecule has 1 N–H and O–H groups in total. The number of amides is 1. The van der Waals surface area contributed by atoms with Crippen molar-refractivity contribution in [1.29, 1.82) is 0 Å². The summed E-state index contributed by atoms with van der Waals surface area (Å²) in [6, 6.07) is 7.02. The molecule has 0 spiro atoms. The summed E-state index contributed by atoms with van der Waals surface area (Å²) in [5.74, 6) is 0.106. The quantitative estimate of drug-likeness (QED) is 0.777. The normalized spacial score (nSPS) is 16.7. The third-order valence-electron chi connectivity index (χ3n) is 3.72. The van der Waals surface area contributed by atoms with Gasteiger partial charge in [0.25, 0.3) is 0 Å². The molecule has 20 heavy (non-hydrogen) atoms. The van der Waals surface area contributed by atoms with Crippen molar-refractivity contribution < 1.29 is 9.18 Å². The van der Waals surface area contributed by atoms with E-state index in [0.29, 0.717) is 18.4 Å². The molecule has 0 radical (unpaired) electrons. The monoisotopic (exact) mass is 278 g/mol. The Hall–Kier alpha value is -1.42. The Morgan fingerprint density at radius 2 is 2.10 bits per heavy atom. The zero-order valence-corrected chi connectivity index (χ0v) is 12.1. The average molecular weight is 278 g/mol. The fraction of sp³-hybridized carbons (Fsp3) is 0.562. The van der Waals surface area contributed by atoms with E-state index in [-0.39, 0.29) is 5.82 Å². The number of likely N-dealkylation sites (tertiary alicyclic amines) is 1. The molecule has 0 saturated carbocycles. The predicted octanol–water partition coefficient (Wildman–Crippen LogP) is 2.36. The molecule has 0 aromatic heterocycles. The molecule has 0 unspecified atom stereocenters. The number of benzene rings is 1. The van der Waals surface area contributed by atoms with Crippen molar-refractivity contribution >= 4 is 5.91 Å². The van der Waals surface area contributed by atoms with Gasteiger partial charge >= 0.3 is 0 Å². The smallest absolute Gasteiger partial charge is 0.222 e. The van der Waals surface area contributed by atoms with Crippen LogP contribution in [0.4, 0.5) is 4.39 Å². The lowest BCUT2D eigenvalue weighted by atomic mass is 10.1. The average Bonchev–Trinajstić information content (AvgIpc) is 2.83. The molecule has 1 amide bonds. The Balaban J connectivity index is 1.61. The van der Waals surface area contributed by atoms with Gasteiger partial charge in [-0.15, -0.1) is 0 Å². The molecule has 0 aliphatic carbocycles. The first-order chi connectivity index (χ1) is 9.65. The van der Waals surface area contributed by atoms with Crippen LogP contribution in [-0.4, -0.2) is 36.5 Å². The van der Waals surface area contributed by atoms with Gasteiger partial charge in [0.05, 0.1) is 0 Å². The third-order valence-corrected chi connectivity index (χ3v) is 3.72. The third kappa shape index (κ3) is 4.60. The van der Waals surface area contributed by atoms with Crippen LogP contribution in [0.5, 0.6) is 0 Å². The van der Waals surface area contributed by atoms with Gasteiger partial charge in [0, 0.05) is 25.6 Å². The summed E-state index contributed by atoms with van der Waals surface area (Å²) in [5, 5.41) is 3.45. The Morgan fingerprint density at radius 3 is 2.75 bits per heavy atom. The van der Waals surface area contributed by atoms with E-state index < -0.39 is 0 Å². The zero-order chi connectivity index (χ0) is 14.4. The number of nitrogens with zero attached hydrogens (tertiary/aromatic N) is 1. The lowest BCUT2D eigenvalue weighted by molar-refractivity contribution is -0.127. The zero-order valence-electron chi connectivity index (χ0n) is 12.1. The highest BCUT2D eigenvalue weighted by Gasteiger charge is 2.18. The highest BCUT2D eigenvalue weighted by atomic mass is 19.1. The molecule has 110 valence electrons. The highest BCUT2D eigenvalue weighted by Crippen LogP contribution is 2.09. The number of hydrogen-bond acceptors (Lipinski definition) is 2. The summed E-state index contributed by atoms with van der Waals surface area (Å²) in [6.45, 7) is 4.82. The van der Waals surface area contributed by atoms with E-state index in [9.17, 15) is 9.18 Å². The first-order valence-electron chi connectivity index (χ1n) is 7.41. The van der Waals surface area contributed by atoms with Crippen molar-refractivity contribution in [2.24, 2.45) is 0 Å². The fourth-order valence-corrected chi connectivity index (χ4v) is 2.61. The molecule has 1 saturated heterocycles. The molecule has 3 nitrogen and oxygen atoms in total. The van der Waals surface area contributed by atoms with E-state index in [1.807, 2.05) is 17.0 Å². The number of carbonyl (C=O) groups is 1. The minimum atomic E-state index is -0.190. The number of nitrogens with one attached hydrogen (secondary N) is 1. The van der Waals surface area contributed by atoms with Crippen LogP contribution in [0.3, 0.4) is 0 Å². The molecule has 1 aliphatic rings. The van der Waals surface area contributed by atoms with Crippen molar-refractivity contribution in [3.63, 3.8) is 0 Å². The van der Waals surface area contributed by atoms with Gasteiger partial charge in [-0.1, -0.05) is 12.1 Å². The van der Waals surface area contributed by atoms with Gasteiger partial charge in [0.2, 0.25) is 5.91 Å². The van der Waals surface area contributed by atoms with E-state index in [1.54, 1.807) is 0 Å². The van der Waals surface area contributed by atoms with E-state index in [0.717, 1.165) is 44.5 Å². The van der Waals surface area contributed by atoms with Gasteiger partial charge in [0.15, 0.2) is 0 Å². The van der Waals surface area contributed by atoms with Crippen LogP contribution in [0.25, 0.3) is 0 Å². The fourth-order valence-electron chi connectivity index (χ4n) is 2.61. The second kappa shape index (κ2) is 7.39. The second-order valence-corrected chi connectivity index (χ2v) is 5.52. The Morgan fingerprint density at radius 1 is 1.35 bits per heavy atom. The topological polar surface area (TPSA) is 32.3 Å². The van der Waals surface area contributed by atoms with Crippen LogP contribution in [0, 0.1) is 5.82 Å². The Bertz CT molecular complexity index is 433. The van der Waals surface area contributed by atoms with E-state index in [2.05, 4.69) is 12.2 Å². The van der Waals surface area contributed by atoms with Crippen LogP contribution in [0.1, 0.15) is 31.7 Å². The summed E-state index contributed by atoms with van der Waals surface area (Å²) in [5.41, 5.74) is 1.14. The molecule has 0 bridgehead atoms. The van der Waals surface area contributed by atoms with E-state index >= 15 is 0 Å². The number of halogens is 1. The van der Waals surface area contributed by atoms with Crippen LogP contribution in [0.15, 0.2) is 24.3 Å². The van der Waals surface area contributed by atoms with Crippen molar-refractivity contribution in [1.82, 2.24) is 10.2 Å². The molecule has 1 heterocycles. The molecule has 1 aromatic carbocycles. The molecule has 2 rings (SSSR count). The number of hydrogen-bond donors (Lipinski definition) is 1. The molecule has 1 fully saturated rings. The Labute approximate surface area is 120 Å². The summed E-state index contributed by atoms with van der Waals surface area (Å²) in [6.07, 6.45) is 3.60. The minimum absolute atomic E-state index is 0.190. The standard InChI is InChI=1S/C16H23FN2O/c1-13(12-14-5-7-15(17)8-6-14)18-9-3-11-19-10-2-4-16(19)20/h5-8,13,18H,2-4,9-12H2,1H3/t13-/m1/s1. The van der Waals surface area contributed by atoms with Crippen LogP contribution in [0.2, 0.25) is 0 Å². The molecular formula is C16H23FN2O. The summed E-state index contributed by atoms with van der Waals surface area (Å²) < 4.78 is 12.8. The van der Waals surface area contributed by atoms with Gasteiger partial charge < -0.3 is 10.2 Å². The summed E-state index contributed by atoms with van der Waals surface area (Å²) in [4.78, 5) is 13.4. The van der Waals surface area contributed by atoms with Crippen LogP contribution >= 0.6 is 0 Å². The van der Waals surface area contributed by atoms with Gasteiger partial charge in [-0.05, 0) is 50.4 Å². The SMILES string of the molecule is C[C@H](Cc1ccc(F)cc1)NCCCN1CCCC1=O. The van der Waals surface area contributed by atoms with Crippen molar-refractivity contribution in [2.75, 3.05) is 19.6 Å². The highest BCUT2D eigenvalue weighted by molar-refractivity contribution is 5.77. The first-order valence-corrected chi connectivity index (χ1v) is 7.41. The van der Waals surface area contributed by atoms with Crippen LogP contribution < -0.4 is 5.32 Å². The molecule has 4 heteroatoms. The maximum absolute atomic E-state index is 12.8. The lowest BCUT2D eigenvalue weighted by Gasteiger charge is -2.17.